The van der Waals surface area contributed by atoms with Crippen molar-refractivity contribution < 1.29 is 14.4 Å². The van der Waals surface area contributed by atoms with E-state index in [2.05, 4.69) is 32.7 Å². The van der Waals surface area contributed by atoms with Gasteiger partial charge in [-0.15, -0.1) is 11.3 Å². The number of ketones is 1. The summed E-state index contributed by atoms with van der Waals surface area (Å²) in [7, 11) is 0. The summed E-state index contributed by atoms with van der Waals surface area (Å²) in [6, 6.07) is 0. The first-order chi connectivity index (χ1) is 15.5. The Bertz CT molecular complexity index is 931. The van der Waals surface area contributed by atoms with Gasteiger partial charge >= 0.3 is 0 Å². The number of nitrogens with one attached hydrogen (secondary N) is 2. The number of carbonyl (C=O) groups excluding carboxylic acids is 3. The van der Waals surface area contributed by atoms with Gasteiger partial charge in [-0.25, -0.2) is 4.98 Å². The van der Waals surface area contributed by atoms with Crippen LogP contribution < -0.4 is 10.6 Å². The fourth-order valence-corrected chi connectivity index (χ4v) is 6.96. The Morgan fingerprint density at radius 1 is 1.09 bits per heavy atom. The van der Waals surface area contributed by atoms with Gasteiger partial charge in [0.15, 0.2) is 5.78 Å². The first-order valence-electron chi connectivity index (χ1n) is 11.9. The standard InChI is InChI=1S/C24H32N4O3S/c1-15(29)18-14-32-19(27-18)13-26-23(31)21-17-6-5-16(24(17)7-8-24)20(21)22(30)25-9-4-12-28-10-2-3-11-28/h5-6,14,16-17,20-21H,2-4,7-13H2,1H3,(H,25,30)(H,26,31)/t16-,17+,20-,21-/m1/s1. The van der Waals surface area contributed by atoms with E-state index in [1.165, 1.54) is 44.2 Å². The van der Waals surface area contributed by atoms with E-state index in [4.69, 9.17) is 0 Å². The van der Waals surface area contributed by atoms with Crippen LogP contribution >= 0.6 is 11.3 Å². The minimum atomic E-state index is -0.321. The molecule has 2 bridgehead atoms. The van der Waals surface area contributed by atoms with Gasteiger partial charge in [-0.05, 0) is 69.0 Å². The maximum atomic E-state index is 13.3. The van der Waals surface area contributed by atoms with Crippen molar-refractivity contribution in [1.82, 2.24) is 20.5 Å². The zero-order valence-electron chi connectivity index (χ0n) is 18.6. The van der Waals surface area contributed by atoms with Crippen LogP contribution in [0.15, 0.2) is 17.5 Å². The van der Waals surface area contributed by atoms with Crippen molar-refractivity contribution >= 4 is 28.9 Å². The number of Topliss-reactive ketones (excluding diaryl/α,β-unsaturated/α-hetero) is 1. The molecule has 2 N–H and O–H groups in total. The monoisotopic (exact) mass is 456 g/mol. The Morgan fingerprint density at radius 2 is 1.75 bits per heavy atom. The van der Waals surface area contributed by atoms with Crippen molar-refractivity contribution in [3.05, 3.63) is 28.2 Å². The molecule has 3 fully saturated rings. The van der Waals surface area contributed by atoms with Crippen LogP contribution in [-0.4, -0.2) is 53.7 Å². The summed E-state index contributed by atoms with van der Waals surface area (Å²) in [6.07, 6.45) is 10.1. The van der Waals surface area contributed by atoms with Gasteiger partial charge in [0.05, 0.1) is 18.4 Å². The lowest BCUT2D eigenvalue weighted by Crippen LogP contribution is -2.44. The molecule has 1 aromatic heterocycles. The van der Waals surface area contributed by atoms with Crippen LogP contribution in [0.5, 0.6) is 0 Å². The third kappa shape index (κ3) is 3.92. The predicted octanol–water partition coefficient (Wildman–Crippen LogP) is 2.39. The molecule has 1 spiro atoms. The highest BCUT2D eigenvalue weighted by atomic mass is 32.1. The van der Waals surface area contributed by atoms with Crippen LogP contribution in [0.25, 0.3) is 0 Å². The van der Waals surface area contributed by atoms with Crippen molar-refractivity contribution in [3.8, 4) is 0 Å². The largest absolute Gasteiger partial charge is 0.356 e. The smallest absolute Gasteiger partial charge is 0.224 e. The van der Waals surface area contributed by atoms with Gasteiger partial charge in [-0.1, -0.05) is 12.2 Å². The number of carbonyl (C=O) groups is 3. The molecule has 2 saturated carbocycles. The second kappa shape index (κ2) is 8.71. The fraction of sp³-hybridized carbons (Fsp3) is 0.667. The second-order valence-corrected chi connectivity index (χ2v) is 10.8. The molecular formula is C24H32N4O3S. The second-order valence-electron chi connectivity index (χ2n) is 9.82. The van der Waals surface area contributed by atoms with Gasteiger partial charge in [0.25, 0.3) is 0 Å². The minimum Gasteiger partial charge on any atom is -0.356 e. The van der Waals surface area contributed by atoms with E-state index in [9.17, 15) is 14.4 Å². The van der Waals surface area contributed by atoms with Crippen molar-refractivity contribution in [1.29, 1.82) is 0 Å². The third-order valence-electron chi connectivity index (χ3n) is 7.92. The van der Waals surface area contributed by atoms with Crippen LogP contribution in [0.4, 0.5) is 0 Å². The van der Waals surface area contributed by atoms with Crippen LogP contribution in [0.1, 0.15) is 54.5 Å². The number of rotatable bonds is 9. The molecular weight excluding hydrogens is 424 g/mol. The highest BCUT2D eigenvalue weighted by Crippen LogP contribution is 2.72. The number of hydrogen-bond acceptors (Lipinski definition) is 6. The molecule has 172 valence electrons. The molecule has 3 aliphatic carbocycles. The molecule has 4 atom stereocenters. The Kier molecular flexibility index (Phi) is 5.92. The number of amides is 2. The molecule has 7 nitrogen and oxygen atoms in total. The molecule has 1 aromatic rings. The van der Waals surface area contributed by atoms with Crippen LogP contribution in [-0.2, 0) is 16.1 Å². The zero-order chi connectivity index (χ0) is 22.3. The lowest BCUT2D eigenvalue weighted by molar-refractivity contribution is -0.135. The summed E-state index contributed by atoms with van der Waals surface area (Å²) < 4.78 is 0. The fourth-order valence-electron chi connectivity index (χ4n) is 6.18. The highest BCUT2D eigenvalue weighted by molar-refractivity contribution is 7.09. The number of aromatic nitrogens is 1. The SMILES string of the molecule is CC(=O)c1csc(CNC(=O)[C@H]2[C@H](C(=O)NCCCN3CCCC3)[C@H]3C=C[C@@H]2C32CC2)n1. The minimum absolute atomic E-state index is 0.0304. The van der Waals surface area contributed by atoms with E-state index in [-0.39, 0.29) is 46.7 Å². The number of thiazole rings is 1. The molecule has 1 saturated heterocycles. The molecule has 5 rings (SSSR count). The lowest BCUT2D eigenvalue weighted by atomic mass is 9.81. The van der Waals surface area contributed by atoms with E-state index in [0.717, 1.165) is 25.8 Å². The molecule has 2 amide bonds. The average Bonchev–Trinajstić information content (AvgIpc) is 3.13. The zero-order valence-corrected chi connectivity index (χ0v) is 19.5. The molecule has 32 heavy (non-hydrogen) atoms. The molecule has 1 aliphatic heterocycles. The quantitative estimate of drug-likeness (QED) is 0.338. The topological polar surface area (TPSA) is 91.4 Å². The third-order valence-corrected chi connectivity index (χ3v) is 8.77. The van der Waals surface area contributed by atoms with Gasteiger partial charge in [0.1, 0.15) is 10.7 Å². The first-order valence-corrected chi connectivity index (χ1v) is 12.8. The van der Waals surface area contributed by atoms with E-state index in [0.29, 0.717) is 23.8 Å². The summed E-state index contributed by atoms with van der Waals surface area (Å²) in [5.41, 5.74) is 0.563. The first kappa shape index (κ1) is 21.8. The number of hydrogen-bond donors (Lipinski definition) is 2. The summed E-state index contributed by atoms with van der Waals surface area (Å²) in [5.74, 6) is -0.397. The molecule has 0 radical (unpaired) electrons. The van der Waals surface area contributed by atoms with E-state index < -0.39 is 0 Å². The highest BCUT2D eigenvalue weighted by Gasteiger charge is 2.69. The maximum absolute atomic E-state index is 13.3. The summed E-state index contributed by atoms with van der Waals surface area (Å²) >= 11 is 1.38. The van der Waals surface area contributed by atoms with E-state index in [1.807, 2.05) is 0 Å². The van der Waals surface area contributed by atoms with E-state index >= 15 is 0 Å². The molecule has 0 aromatic carbocycles. The average molecular weight is 457 g/mol. The Morgan fingerprint density at radius 3 is 2.34 bits per heavy atom. The maximum Gasteiger partial charge on any atom is 0.224 e. The molecule has 4 aliphatic rings. The van der Waals surface area contributed by atoms with Crippen LogP contribution in [0, 0.1) is 29.1 Å². The van der Waals surface area contributed by atoms with Gasteiger partial charge in [-0.3, -0.25) is 14.4 Å². The van der Waals surface area contributed by atoms with Crippen molar-refractivity contribution in [2.75, 3.05) is 26.2 Å². The van der Waals surface area contributed by atoms with E-state index in [1.54, 1.807) is 5.38 Å². The normalized spacial score (nSPS) is 29.5. The van der Waals surface area contributed by atoms with Crippen molar-refractivity contribution in [2.24, 2.45) is 29.1 Å². The Labute approximate surface area is 193 Å². The number of allylic oxidation sites excluding steroid dienone is 2. The molecule has 0 unspecified atom stereocenters. The molecule has 2 heterocycles. The van der Waals surface area contributed by atoms with Gasteiger partial charge in [0, 0.05) is 18.8 Å². The Balaban J connectivity index is 1.20. The Hall–Kier alpha value is -2.06. The van der Waals surface area contributed by atoms with Crippen molar-refractivity contribution in [2.45, 2.75) is 45.6 Å². The van der Waals surface area contributed by atoms with Gasteiger partial charge in [-0.2, -0.15) is 0 Å². The number of likely N-dealkylation sites (tertiary alicyclic amines) is 1. The number of nitrogens with zero attached hydrogens (tertiary/aromatic N) is 2. The predicted molar refractivity (Wildman–Crippen MR) is 122 cm³/mol. The summed E-state index contributed by atoms with van der Waals surface area (Å²) in [6.45, 7) is 5.82. The summed E-state index contributed by atoms with van der Waals surface area (Å²) in [4.78, 5) is 44.7. The van der Waals surface area contributed by atoms with Crippen molar-refractivity contribution in [3.63, 3.8) is 0 Å². The molecule has 8 heteroatoms. The van der Waals surface area contributed by atoms with Crippen LogP contribution in [0.2, 0.25) is 0 Å². The summed E-state index contributed by atoms with van der Waals surface area (Å²) in [5, 5.41) is 8.59. The lowest BCUT2D eigenvalue weighted by Gasteiger charge is -2.26. The van der Waals surface area contributed by atoms with Gasteiger partial charge < -0.3 is 15.5 Å². The van der Waals surface area contributed by atoms with Crippen LogP contribution in [0.3, 0.4) is 0 Å². The van der Waals surface area contributed by atoms with Gasteiger partial charge in [0.2, 0.25) is 11.8 Å².